The first-order chi connectivity index (χ1) is 11.2. The summed E-state index contributed by atoms with van der Waals surface area (Å²) in [5, 5.41) is 0. The SMILES string of the molecule is CCCCC[C@]1(OC)CC[C@@H](C2CCC(CCCC)CC2)CC1. The van der Waals surface area contributed by atoms with Crippen LogP contribution in [0.15, 0.2) is 0 Å². The van der Waals surface area contributed by atoms with Gasteiger partial charge in [0.25, 0.3) is 0 Å². The molecule has 1 nitrogen and oxygen atoms in total. The quantitative estimate of drug-likeness (QED) is 0.410. The van der Waals surface area contributed by atoms with Crippen LogP contribution < -0.4 is 0 Å². The molecule has 0 aliphatic heterocycles. The van der Waals surface area contributed by atoms with Gasteiger partial charge in [-0.3, -0.25) is 0 Å². The third kappa shape index (κ3) is 5.76. The van der Waals surface area contributed by atoms with Crippen LogP contribution in [0.25, 0.3) is 0 Å². The van der Waals surface area contributed by atoms with E-state index < -0.39 is 0 Å². The van der Waals surface area contributed by atoms with Gasteiger partial charge in [0.1, 0.15) is 0 Å². The number of ether oxygens (including phenoxy) is 1. The molecule has 0 saturated heterocycles. The Morgan fingerprint density at radius 3 is 1.96 bits per heavy atom. The number of rotatable bonds is 9. The molecule has 2 fully saturated rings. The summed E-state index contributed by atoms with van der Waals surface area (Å²) in [6.07, 6.45) is 21.3. The zero-order valence-electron chi connectivity index (χ0n) is 16.2. The molecular weight excluding hydrogens is 280 g/mol. The first-order valence-corrected chi connectivity index (χ1v) is 10.8. The molecule has 0 spiro atoms. The van der Waals surface area contributed by atoms with Gasteiger partial charge in [-0.2, -0.15) is 0 Å². The van der Waals surface area contributed by atoms with Crippen molar-refractivity contribution in [2.75, 3.05) is 7.11 Å². The lowest BCUT2D eigenvalue weighted by atomic mass is 9.67. The summed E-state index contributed by atoms with van der Waals surface area (Å²) in [5.41, 5.74) is 0.240. The van der Waals surface area contributed by atoms with E-state index in [1.54, 1.807) is 0 Å². The average Bonchev–Trinajstić information content (AvgIpc) is 2.61. The van der Waals surface area contributed by atoms with E-state index in [9.17, 15) is 0 Å². The third-order valence-corrected chi connectivity index (χ3v) is 7.13. The third-order valence-electron chi connectivity index (χ3n) is 7.13. The van der Waals surface area contributed by atoms with Crippen LogP contribution in [0, 0.1) is 17.8 Å². The van der Waals surface area contributed by atoms with Gasteiger partial charge in [-0.15, -0.1) is 0 Å². The van der Waals surface area contributed by atoms with E-state index in [0.717, 1.165) is 17.8 Å². The van der Waals surface area contributed by atoms with E-state index in [4.69, 9.17) is 4.74 Å². The van der Waals surface area contributed by atoms with Gasteiger partial charge in [-0.05, 0) is 62.7 Å². The molecule has 0 aromatic rings. The zero-order valence-corrected chi connectivity index (χ0v) is 16.2. The minimum Gasteiger partial charge on any atom is -0.378 e. The van der Waals surface area contributed by atoms with Crippen molar-refractivity contribution in [1.82, 2.24) is 0 Å². The van der Waals surface area contributed by atoms with Gasteiger partial charge in [0.2, 0.25) is 0 Å². The Morgan fingerprint density at radius 2 is 1.39 bits per heavy atom. The van der Waals surface area contributed by atoms with Crippen LogP contribution in [0.5, 0.6) is 0 Å². The number of methoxy groups -OCH3 is 1. The molecule has 0 N–H and O–H groups in total. The Hall–Kier alpha value is -0.0400. The van der Waals surface area contributed by atoms with Gasteiger partial charge in [-0.1, -0.05) is 65.2 Å². The van der Waals surface area contributed by atoms with Crippen molar-refractivity contribution in [1.29, 1.82) is 0 Å². The van der Waals surface area contributed by atoms with Crippen LogP contribution in [-0.2, 0) is 4.74 Å². The minimum absolute atomic E-state index is 0.240. The molecule has 2 aliphatic rings. The van der Waals surface area contributed by atoms with E-state index in [1.165, 1.54) is 96.3 Å². The molecule has 0 aromatic carbocycles. The van der Waals surface area contributed by atoms with Crippen LogP contribution in [0.3, 0.4) is 0 Å². The molecule has 2 aliphatic carbocycles. The Labute approximate surface area is 146 Å². The van der Waals surface area contributed by atoms with E-state index >= 15 is 0 Å². The highest BCUT2D eigenvalue weighted by molar-refractivity contribution is 4.90. The Kier molecular flexibility index (Phi) is 8.44. The summed E-state index contributed by atoms with van der Waals surface area (Å²) in [7, 11) is 1.96. The fraction of sp³-hybridized carbons (Fsp3) is 1.00. The monoisotopic (exact) mass is 322 g/mol. The topological polar surface area (TPSA) is 9.23 Å². The van der Waals surface area contributed by atoms with E-state index in [-0.39, 0.29) is 5.60 Å². The Balaban J connectivity index is 1.71. The highest BCUT2D eigenvalue weighted by Crippen LogP contribution is 2.45. The molecule has 0 bridgehead atoms. The second kappa shape index (κ2) is 10.1. The van der Waals surface area contributed by atoms with E-state index in [1.807, 2.05) is 7.11 Å². The maximum Gasteiger partial charge on any atom is 0.0679 e. The lowest BCUT2D eigenvalue weighted by Gasteiger charge is -2.43. The number of hydrogen-bond donors (Lipinski definition) is 0. The Morgan fingerprint density at radius 1 is 0.783 bits per heavy atom. The zero-order chi connectivity index (χ0) is 16.5. The van der Waals surface area contributed by atoms with Gasteiger partial charge >= 0.3 is 0 Å². The van der Waals surface area contributed by atoms with Gasteiger partial charge < -0.3 is 4.74 Å². The van der Waals surface area contributed by atoms with E-state index in [2.05, 4.69) is 13.8 Å². The molecule has 0 amide bonds. The smallest absolute Gasteiger partial charge is 0.0679 e. The summed E-state index contributed by atoms with van der Waals surface area (Å²) in [6, 6.07) is 0. The molecule has 0 heterocycles. The highest BCUT2D eigenvalue weighted by atomic mass is 16.5. The van der Waals surface area contributed by atoms with Gasteiger partial charge in [0.05, 0.1) is 5.60 Å². The number of unbranched alkanes of at least 4 members (excludes halogenated alkanes) is 3. The molecule has 2 rings (SSSR count). The molecule has 2 saturated carbocycles. The second-order valence-corrected chi connectivity index (χ2v) is 8.60. The van der Waals surface area contributed by atoms with Crippen LogP contribution in [-0.4, -0.2) is 12.7 Å². The summed E-state index contributed by atoms with van der Waals surface area (Å²) in [5.74, 6) is 3.11. The van der Waals surface area contributed by atoms with Crippen molar-refractivity contribution in [3.63, 3.8) is 0 Å². The molecular formula is C22H42O. The van der Waals surface area contributed by atoms with Crippen LogP contribution in [0.4, 0.5) is 0 Å². The molecule has 1 heteroatoms. The van der Waals surface area contributed by atoms with Crippen molar-refractivity contribution >= 4 is 0 Å². The maximum atomic E-state index is 6.02. The van der Waals surface area contributed by atoms with Crippen molar-refractivity contribution < 1.29 is 4.74 Å². The fourth-order valence-corrected chi connectivity index (χ4v) is 5.33. The van der Waals surface area contributed by atoms with Gasteiger partial charge in [0, 0.05) is 7.11 Å². The average molecular weight is 323 g/mol. The molecule has 0 aromatic heterocycles. The van der Waals surface area contributed by atoms with Crippen LogP contribution in [0.2, 0.25) is 0 Å². The standard InChI is InChI=1S/C22H42O/c1-4-6-8-16-22(23-3)17-14-21(15-18-22)20-12-10-19(11-13-20)9-7-5-2/h19-21H,4-18H2,1-3H3/t19?,20?,21-,22+. The predicted molar refractivity (Wildman–Crippen MR) is 101 cm³/mol. The van der Waals surface area contributed by atoms with Crippen molar-refractivity contribution in [3.8, 4) is 0 Å². The van der Waals surface area contributed by atoms with Crippen molar-refractivity contribution in [2.45, 2.75) is 116 Å². The van der Waals surface area contributed by atoms with Crippen LogP contribution in [0.1, 0.15) is 110 Å². The molecule has 0 atom stereocenters. The summed E-state index contributed by atoms with van der Waals surface area (Å²) in [4.78, 5) is 0. The molecule has 0 unspecified atom stereocenters. The van der Waals surface area contributed by atoms with Gasteiger partial charge in [-0.25, -0.2) is 0 Å². The summed E-state index contributed by atoms with van der Waals surface area (Å²) >= 11 is 0. The second-order valence-electron chi connectivity index (χ2n) is 8.60. The summed E-state index contributed by atoms with van der Waals surface area (Å²) in [6.45, 7) is 4.63. The first-order valence-electron chi connectivity index (χ1n) is 10.8. The maximum absolute atomic E-state index is 6.02. The number of hydrogen-bond acceptors (Lipinski definition) is 1. The van der Waals surface area contributed by atoms with Crippen LogP contribution >= 0.6 is 0 Å². The lowest BCUT2D eigenvalue weighted by molar-refractivity contribution is -0.0639. The molecule has 136 valence electrons. The summed E-state index contributed by atoms with van der Waals surface area (Å²) < 4.78 is 6.02. The van der Waals surface area contributed by atoms with Crippen molar-refractivity contribution in [2.24, 2.45) is 17.8 Å². The minimum atomic E-state index is 0.240. The van der Waals surface area contributed by atoms with E-state index in [0.29, 0.717) is 0 Å². The van der Waals surface area contributed by atoms with Gasteiger partial charge in [0.15, 0.2) is 0 Å². The fourth-order valence-electron chi connectivity index (χ4n) is 5.33. The molecule has 23 heavy (non-hydrogen) atoms. The largest absolute Gasteiger partial charge is 0.378 e. The normalized spacial score (nSPS) is 35.3. The Bertz CT molecular complexity index is 295. The first kappa shape index (κ1) is 19.3. The molecule has 0 radical (unpaired) electrons. The van der Waals surface area contributed by atoms with Crippen molar-refractivity contribution in [3.05, 3.63) is 0 Å². The highest BCUT2D eigenvalue weighted by Gasteiger charge is 2.38. The lowest BCUT2D eigenvalue weighted by Crippen LogP contribution is -2.38. The predicted octanol–water partition coefficient (Wildman–Crippen LogP) is 7.14.